The highest BCUT2D eigenvalue weighted by molar-refractivity contribution is 9.10. The highest BCUT2D eigenvalue weighted by atomic mass is 79.9. The molecule has 5 aromatic carbocycles. The van der Waals surface area contributed by atoms with Crippen LogP contribution in [0.3, 0.4) is 0 Å². The molecule has 0 radical (unpaired) electrons. The van der Waals surface area contributed by atoms with Gasteiger partial charge in [0.25, 0.3) is 11.8 Å². The van der Waals surface area contributed by atoms with Crippen LogP contribution >= 0.6 is 31.9 Å². The smallest absolute Gasteiger partial charge is 0.497 e. The molecular weight excluding hydrogens is 1010 g/mol. The Labute approximate surface area is 393 Å². The van der Waals surface area contributed by atoms with E-state index in [0.29, 0.717) is 68.5 Å². The number of ether oxygens (including phenoxy) is 4. The summed E-state index contributed by atoms with van der Waals surface area (Å²) in [5.41, 5.74) is 7.44. The molecule has 0 saturated carbocycles. The van der Waals surface area contributed by atoms with Crippen molar-refractivity contribution >= 4 is 84.7 Å². The number of fused-ring (bicyclic) bond motifs is 4. The maximum absolute atomic E-state index is 14.3. The molecule has 14 nitrogen and oxygen atoms in total. The third kappa shape index (κ3) is 12.5. The number of aromatic hydroxyl groups is 1. The Kier molecular flexibility index (Phi) is 15.8. The Morgan fingerprint density at radius 2 is 1.05 bits per heavy atom. The van der Waals surface area contributed by atoms with Crippen molar-refractivity contribution in [3.63, 3.8) is 0 Å². The van der Waals surface area contributed by atoms with Gasteiger partial charge in [-0.1, -0.05) is 0 Å². The highest BCUT2D eigenvalue weighted by Gasteiger charge is 2.52. The number of nitrogen functional groups attached to an aromatic ring is 1. The number of benzene rings is 5. The van der Waals surface area contributed by atoms with Crippen LogP contribution in [0.25, 0.3) is 0 Å². The minimum Gasteiger partial charge on any atom is -0.506 e. The van der Waals surface area contributed by atoms with Crippen LogP contribution in [-0.2, 0) is 18.9 Å². The van der Waals surface area contributed by atoms with Crippen molar-refractivity contribution < 1.29 is 64.9 Å². The Bertz CT molecular complexity index is 2570. The Morgan fingerprint density at radius 1 is 0.591 bits per heavy atom. The third-order valence-corrected chi connectivity index (χ3v) is 11.4. The minimum absolute atomic E-state index is 0.0452. The summed E-state index contributed by atoms with van der Waals surface area (Å²) in [6.07, 6.45) is 0. The number of anilines is 5. The summed E-state index contributed by atoms with van der Waals surface area (Å²) in [7, 11) is -0.700. The number of carbonyl (C=O) groups excluding carboxylic acids is 2. The average Bonchev–Trinajstić information content (AvgIpc) is 3.49. The molecule has 350 valence electrons. The number of phenols is 1. The molecule has 5 aliphatic rings. The molecule has 7 N–H and O–H groups in total. The molecule has 0 bridgehead atoms. The lowest BCUT2D eigenvalue weighted by Gasteiger charge is -2.32. The summed E-state index contributed by atoms with van der Waals surface area (Å²) >= 11 is 6.12. The normalized spacial score (nSPS) is 16.4. The first-order chi connectivity index (χ1) is 31.2. The van der Waals surface area contributed by atoms with Crippen molar-refractivity contribution in [2.45, 2.75) is 38.9 Å². The van der Waals surface area contributed by atoms with E-state index in [1.54, 1.807) is 12.1 Å². The van der Waals surface area contributed by atoms with E-state index in [1.165, 1.54) is 54.6 Å². The second-order valence-corrected chi connectivity index (χ2v) is 17.3. The summed E-state index contributed by atoms with van der Waals surface area (Å²) < 4.78 is 98.1. The second-order valence-electron chi connectivity index (χ2n) is 15.6. The molecule has 5 aromatic rings. The summed E-state index contributed by atoms with van der Waals surface area (Å²) in [6.45, 7) is 10.3. The summed E-state index contributed by atoms with van der Waals surface area (Å²) in [4.78, 5) is 21.7. The molecule has 5 heterocycles. The van der Waals surface area contributed by atoms with Gasteiger partial charge < -0.3 is 60.4 Å². The molecule has 66 heavy (non-hydrogen) atoms. The zero-order chi connectivity index (χ0) is 47.9. The fraction of sp³-hybridized carbons (Fsp3) is 0.273. The Morgan fingerprint density at radius 3 is 1.59 bits per heavy atom. The van der Waals surface area contributed by atoms with Crippen molar-refractivity contribution in [1.29, 1.82) is 0 Å². The molecule has 10 rings (SSSR count). The van der Waals surface area contributed by atoms with Gasteiger partial charge in [-0.25, -0.2) is 22.0 Å². The zero-order valence-electron chi connectivity index (χ0n) is 35.7. The van der Waals surface area contributed by atoms with Gasteiger partial charge in [0.1, 0.15) is 71.0 Å². The van der Waals surface area contributed by atoms with Crippen molar-refractivity contribution in [2.24, 2.45) is 0 Å². The third-order valence-electron chi connectivity index (χ3n) is 10.2. The maximum atomic E-state index is 14.3. The van der Waals surface area contributed by atoms with Crippen molar-refractivity contribution in [3.8, 4) is 28.7 Å². The number of carbonyl (C=O) groups is 2. The quantitative estimate of drug-likeness (QED) is 0.0408. The van der Waals surface area contributed by atoms with E-state index in [2.05, 4.69) is 53.1 Å². The zero-order valence-corrected chi connectivity index (χ0v) is 38.9. The largest absolute Gasteiger partial charge is 0.506 e. The molecule has 0 unspecified atom stereocenters. The van der Waals surface area contributed by atoms with Crippen molar-refractivity contribution in [3.05, 3.63) is 111 Å². The number of amides is 2. The Hall–Kier alpha value is -5.97. The average molecular weight is 1050 g/mol. The van der Waals surface area contributed by atoms with Gasteiger partial charge in [0, 0.05) is 48.9 Å². The number of nitrogens with one attached hydrogen (secondary N) is 4. The first-order valence-electron chi connectivity index (χ1n) is 20.0. The highest BCUT2D eigenvalue weighted by Crippen LogP contribution is 2.38. The van der Waals surface area contributed by atoms with Gasteiger partial charge in [-0.2, -0.15) is 0 Å². The van der Waals surface area contributed by atoms with Crippen LogP contribution in [0.1, 0.15) is 27.7 Å². The SMILES string of the molecule is CC1(C)OB(c2cc3c(cc2F)OCCN3)OC1(C)C.Fc1cc2c(cc1Br)NCCO2.Nc1ccc(F)cc1O.O=C1COc2cc(F)c(Br)cc2N1.O=C1COc2cc(F)ccc2N1. The topological polar surface area (TPSA) is 184 Å². The molecule has 0 aromatic heterocycles. The maximum Gasteiger partial charge on any atom is 0.497 e. The monoisotopic (exact) mass is 1050 g/mol. The van der Waals surface area contributed by atoms with Crippen molar-refractivity contribution in [2.75, 3.05) is 66.5 Å². The lowest BCUT2D eigenvalue weighted by atomic mass is 9.78. The molecule has 0 atom stereocenters. The molecule has 2 amide bonds. The van der Waals surface area contributed by atoms with E-state index in [1.807, 2.05) is 27.7 Å². The van der Waals surface area contributed by atoms with Gasteiger partial charge in [0.2, 0.25) is 0 Å². The lowest BCUT2D eigenvalue weighted by molar-refractivity contribution is -0.119. The van der Waals surface area contributed by atoms with Crippen LogP contribution in [-0.4, -0.2) is 74.8 Å². The van der Waals surface area contributed by atoms with Gasteiger partial charge in [-0.3, -0.25) is 9.59 Å². The molecule has 22 heteroatoms. The van der Waals surface area contributed by atoms with E-state index in [4.69, 9.17) is 39.1 Å². The van der Waals surface area contributed by atoms with Gasteiger partial charge in [0.05, 0.1) is 48.6 Å². The predicted octanol–water partition coefficient (Wildman–Crippen LogP) is 8.51. The fourth-order valence-corrected chi connectivity index (χ4v) is 6.79. The van der Waals surface area contributed by atoms with Crippen LogP contribution in [0, 0.1) is 29.1 Å². The van der Waals surface area contributed by atoms with Crippen LogP contribution in [0.15, 0.2) is 81.7 Å². The summed E-state index contributed by atoms with van der Waals surface area (Å²) in [5.74, 6) is -0.717. The predicted molar refractivity (Wildman–Crippen MR) is 245 cm³/mol. The van der Waals surface area contributed by atoms with Crippen LogP contribution in [0.2, 0.25) is 0 Å². The number of nitrogens with two attached hydrogens (primary N) is 1. The van der Waals surface area contributed by atoms with Gasteiger partial charge >= 0.3 is 7.12 Å². The van der Waals surface area contributed by atoms with E-state index >= 15 is 0 Å². The number of rotatable bonds is 1. The lowest BCUT2D eigenvalue weighted by Crippen LogP contribution is -2.41. The molecule has 5 aliphatic heterocycles. The Balaban J connectivity index is 0.000000140. The van der Waals surface area contributed by atoms with E-state index < -0.39 is 30.0 Å². The van der Waals surface area contributed by atoms with E-state index in [0.717, 1.165) is 24.0 Å². The van der Waals surface area contributed by atoms with Gasteiger partial charge in [-0.15, -0.1) is 0 Å². The molecule has 1 saturated heterocycles. The van der Waals surface area contributed by atoms with Crippen molar-refractivity contribution in [1.82, 2.24) is 0 Å². The molecule has 0 spiro atoms. The van der Waals surface area contributed by atoms with Crippen LogP contribution in [0.5, 0.6) is 28.7 Å². The van der Waals surface area contributed by atoms with Crippen LogP contribution < -0.4 is 51.4 Å². The second kappa shape index (κ2) is 21.1. The van der Waals surface area contributed by atoms with Gasteiger partial charge in [0.15, 0.2) is 13.2 Å². The number of phenolic OH excluding ortho intramolecular Hbond substituents is 1. The fourth-order valence-electron chi connectivity index (χ4n) is 6.10. The molecular formula is C44H43BBr2F5N5O9. The number of hydrogen-bond acceptors (Lipinski definition) is 12. The summed E-state index contributed by atoms with van der Waals surface area (Å²) in [5, 5.41) is 20.2. The van der Waals surface area contributed by atoms with Crippen LogP contribution in [0.4, 0.5) is 50.4 Å². The van der Waals surface area contributed by atoms with E-state index in [-0.39, 0.29) is 53.9 Å². The molecule has 0 aliphatic carbocycles. The number of hydrogen-bond donors (Lipinski definition) is 6. The van der Waals surface area contributed by atoms with Gasteiger partial charge in [-0.05, 0) is 102 Å². The first kappa shape index (κ1) is 49.5. The standard InChI is InChI=1S/C14H19BFNO3.C8H5BrFNO2.C8H7BrFNO.C8H6FNO2.C6H6FNO/c1-13(2)14(3,4)20-15(19-13)9-7-11-12(8-10(9)16)18-6-5-17-11;9-4-1-6-7(2-5(4)10)13-3-8(12)11-6;9-5-3-7-8(4-6(5)10)12-2-1-11-7;9-5-1-2-6-7(3-5)12-4-8(11)10-6;7-4-1-2-5(8)6(9)3-4/h7-8,17H,5-6H2,1-4H3;1-2H,3H2,(H,11,12);3-4,11H,1-2H2;1-3H,4H2,(H,10,11);1-3,9H,8H2. The molecule has 1 fully saturated rings. The first-order valence-corrected chi connectivity index (χ1v) is 21.6. The minimum atomic E-state index is -0.700. The van der Waals surface area contributed by atoms with E-state index in [9.17, 15) is 31.5 Å². The number of halogens is 7. The summed E-state index contributed by atoms with van der Waals surface area (Å²) in [6, 6.07) is 16.3.